The maximum absolute atomic E-state index is 3.63. The zero-order valence-electron chi connectivity index (χ0n) is 23.4. The standard InChI is InChI=1S/C33H56N2/c1-3-5-7-9-10-11-12-13-14-15-16-17-18-23-27-32(26-22-8-6-4-2)33-34-28-29-35(33)30-31-24-20-19-21-25-31/h19-21,24-25,28-29,32H,3-18,22-23,26-27,30H2,1-2H3/p+1/t32-/m0/s1. The summed E-state index contributed by atoms with van der Waals surface area (Å²) in [5.41, 5.74) is 1.39. The molecule has 0 amide bonds. The highest BCUT2D eigenvalue weighted by Gasteiger charge is 2.22. The molecule has 0 aliphatic rings. The second-order valence-electron chi connectivity index (χ2n) is 10.9. The normalized spacial score (nSPS) is 12.3. The maximum Gasteiger partial charge on any atom is 0.257 e. The molecule has 0 radical (unpaired) electrons. The van der Waals surface area contributed by atoms with Gasteiger partial charge in [0.25, 0.3) is 5.82 Å². The van der Waals surface area contributed by atoms with E-state index in [2.05, 4.69) is 66.1 Å². The minimum absolute atomic E-state index is 0.669. The lowest BCUT2D eigenvalue weighted by Gasteiger charge is -2.14. The number of aromatic nitrogens is 2. The van der Waals surface area contributed by atoms with E-state index in [1.807, 2.05) is 0 Å². The fraction of sp³-hybridized carbons (Fsp3) is 0.727. The summed E-state index contributed by atoms with van der Waals surface area (Å²) in [5, 5.41) is 0. The molecule has 2 rings (SSSR count). The summed E-state index contributed by atoms with van der Waals surface area (Å²) in [6, 6.07) is 10.9. The van der Waals surface area contributed by atoms with Crippen molar-refractivity contribution in [1.82, 2.24) is 4.98 Å². The molecule has 0 fully saturated rings. The number of aromatic amines is 1. The van der Waals surface area contributed by atoms with Gasteiger partial charge < -0.3 is 0 Å². The Kier molecular flexibility index (Phi) is 17.5. The van der Waals surface area contributed by atoms with E-state index in [-0.39, 0.29) is 0 Å². The summed E-state index contributed by atoms with van der Waals surface area (Å²) in [5.74, 6) is 2.11. The van der Waals surface area contributed by atoms with Gasteiger partial charge in [0.2, 0.25) is 0 Å². The SMILES string of the molecule is CCCCCCCCCCCCCCCC[C@H](CCCCCC)c1[nH]cc[n+]1Cc1ccccc1. The first-order valence-corrected chi connectivity index (χ1v) is 15.5. The molecule has 1 heterocycles. The molecule has 2 heteroatoms. The van der Waals surface area contributed by atoms with E-state index in [0.717, 1.165) is 6.54 Å². The molecule has 0 saturated heterocycles. The number of benzene rings is 1. The summed E-state index contributed by atoms with van der Waals surface area (Å²) in [4.78, 5) is 3.63. The van der Waals surface area contributed by atoms with E-state index in [0.29, 0.717) is 5.92 Å². The summed E-state index contributed by atoms with van der Waals surface area (Å²) >= 11 is 0. The van der Waals surface area contributed by atoms with Crippen LogP contribution in [-0.4, -0.2) is 4.98 Å². The Morgan fingerprint density at radius 1 is 0.600 bits per heavy atom. The minimum atomic E-state index is 0.669. The second kappa shape index (κ2) is 20.6. The average molecular weight is 482 g/mol. The van der Waals surface area contributed by atoms with Crippen LogP contribution >= 0.6 is 0 Å². The number of nitrogens with zero attached hydrogens (tertiary/aromatic N) is 1. The van der Waals surface area contributed by atoms with Crippen LogP contribution in [-0.2, 0) is 6.54 Å². The molecule has 1 aromatic carbocycles. The number of H-pyrrole nitrogens is 1. The van der Waals surface area contributed by atoms with E-state index in [1.54, 1.807) is 0 Å². The van der Waals surface area contributed by atoms with Gasteiger partial charge in [0.1, 0.15) is 18.9 Å². The van der Waals surface area contributed by atoms with Crippen LogP contribution in [0.5, 0.6) is 0 Å². The molecule has 2 aromatic rings. The van der Waals surface area contributed by atoms with E-state index in [9.17, 15) is 0 Å². The Morgan fingerprint density at radius 3 is 1.57 bits per heavy atom. The lowest BCUT2D eigenvalue weighted by molar-refractivity contribution is -0.695. The summed E-state index contributed by atoms with van der Waals surface area (Å²) in [6.07, 6.45) is 32.6. The van der Waals surface area contributed by atoms with Crippen LogP contribution < -0.4 is 4.57 Å². The zero-order chi connectivity index (χ0) is 24.8. The molecule has 0 bridgehead atoms. The van der Waals surface area contributed by atoms with E-state index in [1.165, 1.54) is 140 Å². The smallest absolute Gasteiger partial charge is 0.247 e. The third-order valence-corrected chi connectivity index (χ3v) is 7.69. The van der Waals surface area contributed by atoms with Crippen LogP contribution in [0.4, 0.5) is 0 Å². The lowest BCUT2D eigenvalue weighted by atomic mass is 9.93. The van der Waals surface area contributed by atoms with Crippen LogP contribution in [0.25, 0.3) is 0 Å². The van der Waals surface area contributed by atoms with Gasteiger partial charge in [-0.2, -0.15) is 0 Å². The number of imidazole rings is 1. The Labute approximate surface area is 218 Å². The molecule has 0 aliphatic carbocycles. The summed E-state index contributed by atoms with van der Waals surface area (Å²) in [6.45, 7) is 5.59. The van der Waals surface area contributed by atoms with Gasteiger partial charge in [0.15, 0.2) is 0 Å². The topological polar surface area (TPSA) is 19.7 Å². The first-order chi connectivity index (χ1) is 17.3. The number of unbranched alkanes of at least 4 members (excludes halogenated alkanes) is 16. The average Bonchev–Trinajstić information content (AvgIpc) is 3.34. The van der Waals surface area contributed by atoms with Crippen molar-refractivity contribution in [3.8, 4) is 0 Å². The van der Waals surface area contributed by atoms with Crippen molar-refractivity contribution in [3.63, 3.8) is 0 Å². The van der Waals surface area contributed by atoms with Gasteiger partial charge in [-0.3, -0.25) is 0 Å². The van der Waals surface area contributed by atoms with Crippen LogP contribution in [0.3, 0.4) is 0 Å². The molecule has 0 unspecified atom stereocenters. The Bertz CT molecular complexity index is 705. The highest BCUT2D eigenvalue weighted by molar-refractivity contribution is 5.13. The van der Waals surface area contributed by atoms with Crippen molar-refractivity contribution in [2.45, 2.75) is 155 Å². The molecule has 2 nitrogen and oxygen atoms in total. The van der Waals surface area contributed by atoms with E-state index < -0.39 is 0 Å². The van der Waals surface area contributed by atoms with Crippen LogP contribution in [0.2, 0.25) is 0 Å². The van der Waals surface area contributed by atoms with Gasteiger partial charge in [-0.05, 0) is 18.4 Å². The molecule has 0 saturated carbocycles. The molecule has 0 spiro atoms. The number of nitrogens with one attached hydrogen (secondary N) is 1. The predicted octanol–water partition coefficient (Wildman–Crippen LogP) is 10.3. The molecule has 0 aliphatic heterocycles. The fourth-order valence-corrected chi connectivity index (χ4v) is 5.47. The van der Waals surface area contributed by atoms with Crippen LogP contribution in [0, 0.1) is 0 Å². The molecule has 1 N–H and O–H groups in total. The Morgan fingerprint density at radius 2 is 1.06 bits per heavy atom. The van der Waals surface area contributed by atoms with Crippen molar-refractivity contribution < 1.29 is 4.57 Å². The molecule has 1 atom stereocenters. The summed E-state index contributed by atoms with van der Waals surface area (Å²) in [7, 11) is 0. The number of rotatable bonds is 23. The lowest BCUT2D eigenvalue weighted by Crippen LogP contribution is -2.38. The number of hydrogen-bond donors (Lipinski definition) is 1. The van der Waals surface area contributed by atoms with Crippen LogP contribution in [0.15, 0.2) is 42.7 Å². The van der Waals surface area contributed by atoms with Crippen LogP contribution in [0.1, 0.15) is 160 Å². The second-order valence-corrected chi connectivity index (χ2v) is 10.9. The number of hydrogen-bond acceptors (Lipinski definition) is 0. The molecule has 198 valence electrons. The Balaban J connectivity index is 1.64. The Hall–Kier alpha value is -1.57. The third-order valence-electron chi connectivity index (χ3n) is 7.69. The van der Waals surface area contributed by atoms with E-state index in [4.69, 9.17) is 0 Å². The third kappa shape index (κ3) is 13.9. The van der Waals surface area contributed by atoms with Gasteiger partial charge in [-0.15, -0.1) is 0 Å². The van der Waals surface area contributed by atoms with Gasteiger partial charge in [-0.25, -0.2) is 9.55 Å². The highest BCUT2D eigenvalue weighted by atomic mass is 15.1. The van der Waals surface area contributed by atoms with Gasteiger partial charge in [0.05, 0.1) is 5.92 Å². The molecule has 1 aromatic heterocycles. The van der Waals surface area contributed by atoms with Crippen molar-refractivity contribution in [1.29, 1.82) is 0 Å². The fourth-order valence-electron chi connectivity index (χ4n) is 5.47. The van der Waals surface area contributed by atoms with Crippen molar-refractivity contribution >= 4 is 0 Å². The minimum Gasteiger partial charge on any atom is -0.247 e. The largest absolute Gasteiger partial charge is 0.257 e. The van der Waals surface area contributed by atoms with E-state index >= 15 is 0 Å². The molecule has 35 heavy (non-hydrogen) atoms. The molecular weight excluding hydrogens is 424 g/mol. The molecular formula is C33H57N2+. The first-order valence-electron chi connectivity index (χ1n) is 15.5. The quantitative estimate of drug-likeness (QED) is 0.120. The van der Waals surface area contributed by atoms with Gasteiger partial charge in [-0.1, -0.05) is 160 Å². The predicted molar refractivity (Wildman–Crippen MR) is 153 cm³/mol. The van der Waals surface area contributed by atoms with Crippen molar-refractivity contribution in [2.24, 2.45) is 0 Å². The maximum atomic E-state index is 3.63. The van der Waals surface area contributed by atoms with Crippen molar-refractivity contribution in [3.05, 3.63) is 54.1 Å². The van der Waals surface area contributed by atoms with Crippen molar-refractivity contribution in [2.75, 3.05) is 0 Å². The first kappa shape index (κ1) is 29.7. The summed E-state index contributed by atoms with van der Waals surface area (Å²) < 4.78 is 2.46. The highest BCUT2D eigenvalue weighted by Crippen LogP contribution is 2.26. The van der Waals surface area contributed by atoms with Gasteiger partial charge >= 0.3 is 0 Å². The monoisotopic (exact) mass is 481 g/mol. The van der Waals surface area contributed by atoms with Gasteiger partial charge in [0, 0.05) is 0 Å². The zero-order valence-corrected chi connectivity index (χ0v) is 23.4.